The maximum atomic E-state index is 5.36. The smallest absolute Gasteiger partial charge is 0.0480 e. The van der Waals surface area contributed by atoms with Gasteiger partial charge in [0.15, 0.2) is 0 Å². The van der Waals surface area contributed by atoms with Crippen LogP contribution in [0.2, 0.25) is 0 Å². The Bertz CT molecular complexity index is 336. The van der Waals surface area contributed by atoms with Crippen LogP contribution >= 0.6 is 15.9 Å². The summed E-state index contributed by atoms with van der Waals surface area (Å²) in [5.74, 6) is 0. The molecular weight excluding hydrogens is 266 g/mol. The van der Waals surface area contributed by atoms with Crippen molar-refractivity contribution in [2.75, 3.05) is 13.2 Å². The molecule has 1 aromatic carbocycles. The highest BCUT2D eigenvalue weighted by Crippen LogP contribution is 2.19. The average Bonchev–Trinajstić information content (AvgIpc) is 2.30. The first-order valence-electron chi connectivity index (χ1n) is 5.85. The van der Waals surface area contributed by atoms with Gasteiger partial charge in [-0.2, -0.15) is 0 Å². The lowest BCUT2D eigenvalue weighted by Gasteiger charge is -2.27. The number of halogens is 1. The Hall–Kier alpha value is -0.380. The van der Waals surface area contributed by atoms with Crippen molar-refractivity contribution in [2.45, 2.75) is 31.8 Å². The van der Waals surface area contributed by atoms with Crippen molar-refractivity contribution in [3.63, 3.8) is 0 Å². The van der Waals surface area contributed by atoms with E-state index in [0.717, 1.165) is 30.5 Å². The molecule has 1 aromatic rings. The fourth-order valence-electron chi connectivity index (χ4n) is 2.09. The van der Waals surface area contributed by atoms with Gasteiger partial charge in [0.05, 0.1) is 0 Å². The van der Waals surface area contributed by atoms with Crippen LogP contribution in [0.4, 0.5) is 0 Å². The third-order valence-electron chi connectivity index (χ3n) is 3.06. The molecule has 16 heavy (non-hydrogen) atoms. The van der Waals surface area contributed by atoms with E-state index in [0.29, 0.717) is 12.1 Å². The van der Waals surface area contributed by atoms with Gasteiger partial charge in [0, 0.05) is 29.8 Å². The van der Waals surface area contributed by atoms with Crippen LogP contribution in [0.5, 0.6) is 0 Å². The molecule has 88 valence electrons. The fourth-order valence-corrected chi connectivity index (χ4v) is 2.51. The molecule has 1 aliphatic heterocycles. The Balaban J connectivity index is 1.94. The summed E-state index contributed by atoms with van der Waals surface area (Å²) in [6.07, 6.45) is 2.25. The lowest BCUT2D eigenvalue weighted by Crippen LogP contribution is -2.36. The predicted octanol–water partition coefficient (Wildman–Crippen LogP) is 3.28. The van der Waals surface area contributed by atoms with Gasteiger partial charge in [-0.05, 0) is 37.5 Å². The van der Waals surface area contributed by atoms with Crippen LogP contribution in [0.15, 0.2) is 28.7 Å². The largest absolute Gasteiger partial charge is 0.381 e. The minimum Gasteiger partial charge on any atom is -0.381 e. The van der Waals surface area contributed by atoms with E-state index < -0.39 is 0 Å². The van der Waals surface area contributed by atoms with Crippen molar-refractivity contribution in [3.05, 3.63) is 34.3 Å². The molecule has 1 fully saturated rings. The summed E-state index contributed by atoms with van der Waals surface area (Å²) < 4.78 is 6.50. The molecule has 0 aromatic heterocycles. The quantitative estimate of drug-likeness (QED) is 0.919. The third-order valence-corrected chi connectivity index (χ3v) is 3.55. The van der Waals surface area contributed by atoms with Crippen LogP contribution in [0.3, 0.4) is 0 Å². The van der Waals surface area contributed by atoms with Gasteiger partial charge in [0.2, 0.25) is 0 Å². The highest BCUT2D eigenvalue weighted by atomic mass is 79.9. The lowest BCUT2D eigenvalue weighted by atomic mass is 10.0. The summed E-state index contributed by atoms with van der Waals surface area (Å²) in [7, 11) is 0. The molecule has 2 nitrogen and oxygen atoms in total. The Morgan fingerprint density at radius 2 is 2.12 bits per heavy atom. The summed E-state index contributed by atoms with van der Waals surface area (Å²) >= 11 is 3.51. The van der Waals surface area contributed by atoms with Crippen molar-refractivity contribution >= 4 is 15.9 Å². The van der Waals surface area contributed by atoms with Crippen molar-refractivity contribution < 1.29 is 4.74 Å². The summed E-state index contributed by atoms with van der Waals surface area (Å²) in [5.41, 5.74) is 1.33. The lowest BCUT2D eigenvalue weighted by molar-refractivity contribution is 0.0754. The van der Waals surface area contributed by atoms with Gasteiger partial charge in [0.25, 0.3) is 0 Å². The van der Waals surface area contributed by atoms with Crippen molar-refractivity contribution in [3.8, 4) is 0 Å². The molecule has 1 atom stereocenters. The van der Waals surface area contributed by atoms with Gasteiger partial charge < -0.3 is 10.1 Å². The zero-order valence-corrected chi connectivity index (χ0v) is 11.2. The number of benzene rings is 1. The molecule has 1 saturated heterocycles. The zero-order chi connectivity index (χ0) is 11.4. The fraction of sp³-hybridized carbons (Fsp3) is 0.538. The highest BCUT2D eigenvalue weighted by molar-refractivity contribution is 9.10. The Labute approximate surface area is 106 Å². The molecule has 1 heterocycles. The van der Waals surface area contributed by atoms with Gasteiger partial charge in [-0.1, -0.05) is 28.1 Å². The van der Waals surface area contributed by atoms with E-state index in [9.17, 15) is 0 Å². The summed E-state index contributed by atoms with van der Waals surface area (Å²) in [4.78, 5) is 0. The highest BCUT2D eigenvalue weighted by Gasteiger charge is 2.16. The first-order valence-corrected chi connectivity index (χ1v) is 6.64. The van der Waals surface area contributed by atoms with Gasteiger partial charge in [0.1, 0.15) is 0 Å². The summed E-state index contributed by atoms with van der Waals surface area (Å²) in [6.45, 7) is 4.00. The summed E-state index contributed by atoms with van der Waals surface area (Å²) in [6, 6.07) is 9.49. The summed E-state index contributed by atoms with van der Waals surface area (Å²) in [5, 5.41) is 3.66. The van der Waals surface area contributed by atoms with E-state index >= 15 is 0 Å². The van der Waals surface area contributed by atoms with Gasteiger partial charge in [-0.15, -0.1) is 0 Å². The second-order valence-electron chi connectivity index (χ2n) is 4.33. The monoisotopic (exact) mass is 283 g/mol. The van der Waals surface area contributed by atoms with Gasteiger partial charge in [-0.3, -0.25) is 0 Å². The number of hydrogen-bond acceptors (Lipinski definition) is 2. The number of rotatable bonds is 3. The molecule has 0 amide bonds. The molecule has 3 heteroatoms. The van der Waals surface area contributed by atoms with Crippen LogP contribution < -0.4 is 5.32 Å². The molecule has 0 bridgehead atoms. The molecule has 1 N–H and O–H groups in total. The van der Waals surface area contributed by atoms with Crippen LogP contribution in [0.1, 0.15) is 31.4 Å². The maximum absolute atomic E-state index is 5.36. The van der Waals surface area contributed by atoms with Crippen molar-refractivity contribution in [1.82, 2.24) is 5.32 Å². The van der Waals surface area contributed by atoms with E-state index in [2.05, 4.69) is 52.4 Å². The Kier molecular flexibility index (Phi) is 4.38. The predicted molar refractivity (Wildman–Crippen MR) is 69.5 cm³/mol. The van der Waals surface area contributed by atoms with Crippen LogP contribution in [-0.2, 0) is 4.74 Å². The number of ether oxygens (including phenoxy) is 1. The minimum absolute atomic E-state index is 0.403. The molecule has 0 spiro atoms. The molecule has 2 rings (SSSR count). The molecule has 0 saturated carbocycles. The Morgan fingerprint density at radius 3 is 2.81 bits per heavy atom. The maximum Gasteiger partial charge on any atom is 0.0480 e. The number of nitrogens with one attached hydrogen (secondary N) is 1. The normalized spacial score (nSPS) is 19.6. The zero-order valence-electron chi connectivity index (χ0n) is 9.58. The van der Waals surface area contributed by atoms with Gasteiger partial charge >= 0.3 is 0 Å². The first kappa shape index (κ1) is 12.1. The van der Waals surface area contributed by atoms with Crippen molar-refractivity contribution in [1.29, 1.82) is 0 Å². The van der Waals surface area contributed by atoms with E-state index in [4.69, 9.17) is 4.74 Å². The van der Waals surface area contributed by atoms with Crippen LogP contribution in [0.25, 0.3) is 0 Å². The van der Waals surface area contributed by atoms with E-state index in [1.807, 2.05) is 0 Å². The number of hydrogen-bond donors (Lipinski definition) is 1. The molecule has 0 radical (unpaired) electrons. The minimum atomic E-state index is 0.403. The Morgan fingerprint density at radius 1 is 1.38 bits per heavy atom. The SMILES string of the molecule is C[C@H](NC1CCOCC1)c1cccc(Br)c1. The second kappa shape index (κ2) is 5.80. The molecule has 0 unspecified atom stereocenters. The third kappa shape index (κ3) is 3.30. The van der Waals surface area contributed by atoms with E-state index in [1.165, 1.54) is 5.56 Å². The topological polar surface area (TPSA) is 21.3 Å². The van der Waals surface area contributed by atoms with E-state index in [-0.39, 0.29) is 0 Å². The molecule has 0 aliphatic carbocycles. The van der Waals surface area contributed by atoms with Crippen molar-refractivity contribution in [2.24, 2.45) is 0 Å². The van der Waals surface area contributed by atoms with Crippen LogP contribution in [-0.4, -0.2) is 19.3 Å². The molecule has 1 aliphatic rings. The van der Waals surface area contributed by atoms with Gasteiger partial charge in [-0.25, -0.2) is 0 Å². The first-order chi connectivity index (χ1) is 7.75. The standard InChI is InChI=1S/C13H18BrNO/c1-10(11-3-2-4-12(14)9-11)15-13-5-7-16-8-6-13/h2-4,9-10,13,15H,5-8H2,1H3/t10-/m0/s1. The molecular formula is C13H18BrNO. The second-order valence-corrected chi connectivity index (χ2v) is 5.25. The van der Waals surface area contributed by atoms with Crippen LogP contribution in [0, 0.1) is 0 Å². The average molecular weight is 284 g/mol. The van der Waals surface area contributed by atoms with E-state index in [1.54, 1.807) is 0 Å².